The summed E-state index contributed by atoms with van der Waals surface area (Å²) in [5.74, 6) is 0.109. The second-order valence-electron chi connectivity index (χ2n) is 5.94. The van der Waals surface area contributed by atoms with E-state index in [9.17, 15) is 4.79 Å². The summed E-state index contributed by atoms with van der Waals surface area (Å²) in [6.45, 7) is 2.01. The summed E-state index contributed by atoms with van der Waals surface area (Å²) in [6, 6.07) is 10.3. The Bertz CT molecular complexity index is 397. The lowest BCUT2D eigenvalue weighted by Crippen LogP contribution is -2.96. The SMILES string of the molecule is C[C@H]([NH2+]C1CCCCCCC1)C(=O)Nc1ccccc1. The molecule has 1 aliphatic rings. The summed E-state index contributed by atoms with van der Waals surface area (Å²) in [5.41, 5.74) is 0.885. The fraction of sp³-hybridized carbons (Fsp3) is 0.588. The number of benzene rings is 1. The number of quaternary nitrogens is 1. The number of hydrogen-bond acceptors (Lipinski definition) is 1. The molecule has 0 radical (unpaired) electrons. The Hall–Kier alpha value is -1.35. The first kappa shape index (κ1) is 15.0. The number of amides is 1. The Morgan fingerprint density at radius 1 is 1.10 bits per heavy atom. The van der Waals surface area contributed by atoms with Crippen LogP contribution in [-0.2, 0) is 4.79 Å². The molecule has 1 aromatic rings. The summed E-state index contributed by atoms with van der Waals surface area (Å²) < 4.78 is 0. The Morgan fingerprint density at radius 3 is 2.35 bits per heavy atom. The molecule has 110 valence electrons. The number of carbonyl (C=O) groups is 1. The predicted octanol–water partition coefficient (Wildman–Crippen LogP) is 2.69. The van der Waals surface area contributed by atoms with Crippen molar-refractivity contribution in [3.05, 3.63) is 30.3 Å². The van der Waals surface area contributed by atoms with Gasteiger partial charge in [0.15, 0.2) is 6.04 Å². The molecule has 3 nitrogen and oxygen atoms in total. The fourth-order valence-electron chi connectivity index (χ4n) is 2.95. The maximum Gasteiger partial charge on any atom is 0.282 e. The maximum atomic E-state index is 12.2. The number of nitrogens with one attached hydrogen (secondary N) is 1. The van der Waals surface area contributed by atoms with Crippen LogP contribution < -0.4 is 10.6 Å². The van der Waals surface area contributed by atoms with Gasteiger partial charge in [0, 0.05) is 5.69 Å². The van der Waals surface area contributed by atoms with Crippen LogP contribution in [0.5, 0.6) is 0 Å². The van der Waals surface area contributed by atoms with E-state index in [0.717, 1.165) is 5.69 Å². The van der Waals surface area contributed by atoms with Crippen LogP contribution in [0.15, 0.2) is 30.3 Å². The third-order valence-corrected chi connectivity index (χ3v) is 4.17. The van der Waals surface area contributed by atoms with Gasteiger partial charge in [-0.2, -0.15) is 0 Å². The third kappa shape index (κ3) is 4.97. The van der Waals surface area contributed by atoms with Crippen molar-refractivity contribution in [1.82, 2.24) is 0 Å². The number of carbonyl (C=O) groups excluding carboxylic acids is 1. The molecule has 0 aromatic heterocycles. The molecule has 1 fully saturated rings. The summed E-state index contributed by atoms with van der Waals surface area (Å²) in [6.07, 6.45) is 9.23. The molecule has 2 rings (SSSR count). The molecular formula is C17H27N2O+. The van der Waals surface area contributed by atoms with Crippen molar-refractivity contribution in [3.63, 3.8) is 0 Å². The molecule has 1 saturated carbocycles. The Morgan fingerprint density at radius 2 is 1.70 bits per heavy atom. The highest BCUT2D eigenvalue weighted by atomic mass is 16.2. The van der Waals surface area contributed by atoms with Gasteiger partial charge in [-0.1, -0.05) is 37.5 Å². The minimum atomic E-state index is -0.0142. The van der Waals surface area contributed by atoms with Gasteiger partial charge in [0.05, 0.1) is 6.04 Å². The van der Waals surface area contributed by atoms with Crippen molar-refractivity contribution < 1.29 is 10.1 Å². The molecular weight excluding hydrogens is 248 g/mol. The lowest BCUT2D eigenvalue weighted by Gasteiger charge is -2.21. The first-order chi connectivity index (χ1) is 9.75. The van der Waals surface area contributed by atoms with Crippen LogP contribution in [0.3, 0.4) is 0 Å². The van der Waals surface area contributed by atoms with Gasteiger partial charge in [-0.25, -0.2) is 0 Å². The quantitative estimate of drug-likeness (QED) is 0.872. The molecule has 3 heteroatoms. The van der Waals surface area contributed by atoms with Crippen LogP contribution in [0.1, 0.15) is 51.9 Å². The Labute approximate surface area is 122 Å². The first-order valence-corrected chi connectivity index (χ1v) is 7.96. The summed E-state index contributed by atoms with van der Waals surface area (Å²) in [7, 11) is 0. The fourth-order valence-corrected chi connectivity index (χ4v) is 2.95. The molecule has 1 aromatic carbocycles. The second kappa shape index (κ2) is 8.05. The van der Waals surface area contributed by atoms with Gasteiger partial charge in [-0.3, -0.25) is 4.79 Å². The topological polar surface area (TPSA) is 45.7 Å². The van der Waals surface area contributed by atoms with Crippen molar-refractivity contribution in [1.29, 1.82) is 0 Å². The van der Waals surface area contributed by atoms with E-state index in [0.29, 0.717) is 6.04 Å². The largest absolute Gasteiger partial charge is 0.334 e. The van der Waals surface area contributed by atoms with Gasteiger partial charge in [-0.05, 0) is 44.7 Å². The summed E-state index contributed by atoms with van der Waals surface area (Å²) >= 11 is 0. The van der Waals surface area contributed by atoms with Gasteiger partial charge in [0.25, 0.3) is 5.91 Å². The summed E-state index contributed by atoms with van der Waals surface area (Å²) in [5, 5.41) is 5.26. The van der Waals surface area contributed by atoms with Gasteiger partial charge in [0.1, 0.15) is 0 Å². The second-order valence-corrected chi connectivity index (χ2v) is 5.94. The van der Waals surface area contributed by atoms with E-state index in [-0.39, 0.29) is 11.9 Å². The molecule has 0 bridgehead atoms. The van der Waals surface area contributed by atoms with E-state index in [1.165, 1.54) is 44.9 Å². The Balaban J connectivity index is 1.80. The lowest BCUT2D eigenvalue weighted by molar-refractivity contribution is -0.707. The van der Waals surface area contributed by atoms with Crippen molar-refractivity contribution in [3.8, 4) is 0 Å². The molecule has 3 N–H and O–H groups in total. The molecule has 20 heavy (non-hydrogen) atoms. The molecule has 0 spiro atoms. The van der Waals surface area contributed by atoms with Crippen LogP contribution in [-0.4, -0.2) is 18.0 Å². The van der Waals surface area contributed by atoms with E-state index in [1.54, 1.807) is 0 Å². The number of anilines is 1. The number of hydrogen-bond donors (Lipinski definition) is 2. The Kier molecular flexibility index (Phi) is 6.06. The smallest absolute Gasteiger partial charge is 0.282 e. The molecule has 1 amide bonds. The van der Waals surface area contributed by atoms with Crippen molar-refractivity contribution in [2.45, 2.75) is 64.0 Å². The zero-order valence-electron chi connectivity index (χ0n) is 12.5. The van der Waals surface area contributed by atoms with Gasteiger partial charge in [-0.15, -0.1) is 0 Å². The summed E-state index contributed by atoms with van der Waals surface area (Å²) in [4.78, 5) is 12.2. The predicted molar refractivity (Wildman–Crippen MR) is 82.6 cm³/mol. The van der Waals surface area contributed by atoms with E-state index < -0.39 is 0 Å². The van der Waals surface area contributed by atoms with Crippen LogP contribution in [0.4, 0.5) is 5.69 Å². The highest BCUT2D eigenvalue weighted by Crippen LogP contribution is 2.15. The van der Waals surface area contributed by atoms with E-state index in [1.807, 2.05) is 37.3 Å². The zero-order valence-corrected chi connectivity index (χ0v) is 12.5. The van der Waals surface area contributed by atoms with Gasteiger partial charge >= 0.3 is 0 Å². The minimum Gasteiger partial charge on any atom is -0.334 e. The number of para-hydroxylation sites is 1. The molecule has 1 aliphatic carbocycles. The maximum absolute atomic E-state index is 12.2. The van der Waals surface area contributed by atoms with E-state index in [2.05, 4.69) is 10.6 Å². The van der Waals surface area contributed by atoms with Crippen LogP contribution >= 0.6 is 0 Å². The van der Waals surface area contributed by atoms with Crippen molar-refractivity contribution in [2.24, 2.45) is 0 Å². The zero-order chi connectivity index (χ0) is 14.2. The standard InChI is InChI=1S/C17H26N2O/c1-14(17(20)19-16-12-8-5-9-13-16)18-15-10-6-3-2-4-7-11-15/h5,8-9,12-15,18H,2-4,6-7,10-11H2,1H3,(H,19,20)/p+1/t14-/m0/s1. The number of nitrogens with two attached hydrogens (primary N) is 1. The molecule has 0 aliphatic heterocycles. The van der Waals surface area contributed by atoms with E-state index >= 15 is 0 Å². The molecule has 0 saturated heterocycles. The normalized spacial score (nSPS) is 18.9. The van der Waals surface area contributed by atoms with Crippen molar-refractivity contribution >= 4 is 11.6 Å². The molecule has 1 atom stereocenters. The van der Waals surface area contributed by atoms with Gasteiger partial charge < -0.3 is 10.6 Å². The molecule has 0 heterocycles. The van der Waals surface area contributed by atoms with Crippen molar-refractivity contribution in [2.75, 3.05) is 5.32 Å². The number of rotatable bonds is 4. The molecule has 0 unspecified atom stereocenters. The first-order valence-electron chi connectivity index (χ1n) is 7.96. The van der Waals surface area contributed by atoms with Crippen LogP contribution in [0, 0.1) is 0 Å². The average Bonchev–Trinajstić information content (AvgIpc) is 2.42. The monoisotopic (exact) mass is 275 g/mol. The van der Waals surface area contributed by atoms with Gasteiger partial charge in [0.2, 0.25) is 0 Å². The average molecular weight is 275 g/mol. The van der Waals surface area contributed by atoms with Crippen LogP contribution in [0.2, 0.25) is 0 Å². The highest BCUT2D eigenvalue weighted by molar-refractivity contribution is 5.93. The third-order valence-electron chi connectivity index (χ3n) is 4.17. The van der Waals surface area contributed by atoms with E-state index in [4.69, 9.17) is 0 Å². The minimum absolute atomic E-state index is 0.0142. The highest BCUT2D eigenvalue weighted by Gasteiger charge is 2.22. The lowest BCUT2D eigenvalue weighted by atomic mass is 9.96. The van der Waals surface area contributed by atoms with Crippen LogP contribution in [0.25, 0.3) is 0 Å².